The predicted octanol–water partition coefficient (Wildman–Crippen LogP) is 1.55. The minimum atomic E-state index is -1.13. The monoisotopic (exact) mass is 424 g/mol. The number of carbonyl (C=O) groups is 3. The van der Waals surface area contributed by atoms with Crippen LogP contribution in [0.1, 0.15) is 47.0 Å². The standard InChI is InChI=1S/C17H32N2O10/c1-11(2)7-14(8-15(20)21)9-18-17(23)28-13(4)27-16(22)5-6-26-10-12(3)29-19(24)25/h11-14,24-25H,5-10H2,1-4H3,(H,18,23)(H,20,21)/t12-,13?,14+/m1/s1. The van der Waals surface area contributed by atoms with E-state index in [1.165, 1.54) is 13.8 Å². The molecule has 12 nitrogen and oxygen atoms in total. The number of hydrogen-bond acceptors (Lipinski definition) is 10. The second-order valence-electron chi connectivity index (χ2n) is 6.93. The van der Waals surface area contributed by atoms with Gasteiger partial charge in [0.1, 0.15) is 6.10 Å². The van der Waals surface area contributed by atoms with Gasteiger partial charge in [-0.2, -0.15) is 0 Å². The number of carboxylic acids is 1. The molecular formula is C17H32N2O10. The topological polar surface area (TPSA) is 164 Å². The summed E-state index contributed by atoms with van der Waals surface area (Å²) in [4.78, 5) is 38.8. The van der Waals surface area contributed by atoms with Gasteiger partial charge in [-0.15, -0.1) is 0 Å². The number of rotatable bonds is 15. The Morgan fingerprint density at radius 2 is 1.72 bits per heavy atom. The van der Waals surface area contributed by atoms with Gasteiger partial charge in [-0.05, 0) is 25.2 Å². The van der Waals surface area contributed by atoms with E-state index in [0.29, 0.717) is 6.42 Å². The Labute approximate surface area is 169 Å². The fraction of sp³-hybridized carbons (Fsp3) is 0.824. The Bertz CT molecular complexity index is 501. The van der Waals surface area contributed by atoms with Crippen molar-refractivity contribution in [3.8, 4) is 0 Å². The molecule has 1 amide bonds. The van der Waals surface area contributed by atoms with Crippen LogP contribution >= 0.6 is 0 Å². The number of carboxylic acid groups (broad SMARTS) is 1. The summed E-state index contributed by atoms with van der Waals surface area (Å²) in [6.07, 6.45) is -2.14. The molecule has 0 radical (unpaired) electrons. The zero-order valence-electron chi connectivity index (χ0n) is 17.2. The summed E-state index contributed by atoms with van der Waals surface area (Å²) in [5.41, 5.74) is 0. The van der Waals surface area contributed by atoms with Gasteiger partial charge in [-0.3, -0.25) is 20.0 Å². The SMILES string of the molecule is CC(C)C[C@H](CNC(=O)OC(C)OC(=O)CCOC[C@@H](C)ON(O)O)CC(=O)O. The summed E-state index contributed by atoms with van der Waals surface area (Å²) >= 11 is 0. The molecule has 170 valence electrons. The lowest BCUT2D eigenvalue weighted by Gasteiger charge is -2.19. The number of nitrogens with one attached hydrogen (secondary N) is 1. The van der Waals surface area contributed by atoms with E-state index in [1.54, 1.807) is 0 Å². The van der Waals surface area contributed by atoms with E-state index in [-0.39, 0.29) is 44.4 Å². The molecule has 0 spiro atoms. The molecule has 0 aromatic carbocycles. The summed E-state index contributed by atoms with van der Waals surface area (Å²) in [6, 6.07) is 0. The second kappa shape index (κ2) is 14.9. The molecule has 0 bridgehead atoms. The molecule has 4 N–H and O–H groups in total. The maximum atomic E-state index is 11.8. The molecule has 12 heteroatoms. The van der Waals surface area contributed by atoms with Crippen molar-refractivity contribution in [2.24, 2.45) is 11.8 Å². The largest absolute Gasteiger partial charge is 0.481 e. The van der Waals surface area contributed by atoms with Crippen LogP contribution in [-0.2, 0) is 28.6 Å². The van der Waals surface area contributed by atoms with Crippen molar-refractivity contribution in [1.29, 1.82) is 0 Å². The Morgan fingerprint density at radius 3 is 2.28 bits per heavy atom. The Hall–Kier alpha value is -1.99. The number of hydrogen-bond donors (Lipinski definition) is 4. The van der Waals surface area contributed by atoms with Gasteiger partial charge < -0.3 is 24.6 Å². The van der Waals surface area contributed by atoms with E-state index in [2.05, 4.69) is 10.2 Å². The molecule has 1 unspecified atom stereocenters. The van der Waals surface area contributed by atoms with Crippen molar-refractivity contribution < 1.29 is 49.0 Å². The van der Waals surface area contributed by atoms with Gasteiger partial charge in [0.05, 0.1) is 25.0 Å². The number of ether oxygens (including phenoxy) is 3. The van der Waals surface area contributed by atoms with E-state index >= 15 is 0 Å². The first-order valence-electron chi connectivity index (χ1n) is 9.27. The van der Waals surface area contributed by atoms with E-state index < -0.39 is 35.8 Å². The summed E-state index contributed by atoms with van der Waals surface area (Å²) in [6.45, 7) is 6.95. The van der Waals surface area contributed by atoms with Gasteiger partial charge in [0.15, 0.2) is 0 Å². The number of alkyl carbamates (subject to hydrolysis) is 1. The third kappa shape index (κ3) is 16.6. The summed E-state index contributed by atoms with van der Waals surface area (Å²) in [7, 11) is 0. The van der Waals surface area contributed by atoms with Gasteiger partial charge in [-0.25, -0.2) is 9.63 Å². The fourth-order valence-electron chi connectivity index (χ4n) is 2.44. The first-order valence-corrected chi connectivity index (χ1v) is 9.27. The highest BCUT2D eigenvalue weighted by Gasteiger charge is 2.18. The van der Waals surface area contributed by atoms with Crippen molar-refractivity contribution >= 4 is 18.0 Å². The predicted molar refractivity (Wildman–Crippen MR) is 96.6 cm³/mol. The van der Waals surface area contributed by atoms with Crippen LogP contribution in [0, 0.1) is 11.8 Å². The zero-order valence-corrected chi connectivity index (χ0v) is 17.2. The quantitative estimate of drug-likeness (QED) is 0.130. The third-order valence-electron chi connectivity index (χ3n) is 3.45. The van der Waals surface area contributed by atoms with Crippen LogP contribution in [0.3, 0.4) is 0 Å². The molecule has 0 fully saturated rings. The van der Waals surface area contributed by atoms with Crippen LogP contribution in [0.2, 0.25) is 0 Å². The Kier molecular flexibility index (Phi) is 13.9. The molecule has 0 aromatic rings. The van der Waals surface area contributed by atoms with E-state index in [9.17, 15) is 14.4 Å². The summed E-state index contributed by atoms with van der Waals surface area (Å²) in [5.74, 6) is -1.56. The van der Waals surface area contributed by atoms with E-state index in [1.807, 2.05) is 13.8 Å². The smallest absolute Gasteiger partial charge is 0.410 e. The number of carbonyl (C=O) groups excluding carboxylic acids is 2. The fourth-order valence-corrected chi connectivity index (χ4v) is 2.44. The first-order chi connectivity index (χ1) is 13.5. The number of amides is 1. The van der Waals surface area contributed by atoms with Crippen molar-refractivity contribution in [2.75, 3.05) is 19.8 Å². The second-order valence-corrected chi connectivity index (χ2v) is 6.93. The van der Waals surface area contributed by atoms with Gasteiger partial charge in [0.2, 0.25) is 6.29 Å². The van der Waals surface area contributed by atoms with Crippen LogP contribution in [0.4, 0.5) is 4.79 Å². The van der Waals surface area contributed by atoms with Crippen molar-refractivity contribution in [2.45, 2.75) is 59.4 Å². The highest BCUT2D eigenvalue weighted by atomic mass is 17.1. The lowest BCUT2D eigenvalue weighted by atomic mass is 9.94. The third-order valence-corrected chi connectivity index (χ3v) is 3.45. The number of esters is 1. The van der Waals surface area contributed by atoms with Gasteiger partial charge in [0, 0.05) is 19.9 Å². The molecule has 0 saturated heterocycles. The van der Waals surface area contributed by atoms with E-state index in [4.69, 9.17) is 29.7 Å². The molecule has 0 aliphatic carbocycles. The maximum absolute atomic E-state index is 11.8. The van der Waals surface area contributed by atoms with Crippen molar-refractivity contribution in [3.05, 3.63) is 0 Å². The van der Waals surface area contributed by atoms with Crippen LogP contribution < -0.4 is 5.32 Å². The van der Waals surface area contributed by atoms with Gasteiger partial charge in [-0.1, -0.05) is 13.8 Å². The van der Waals surface area contributed by atoms with Gasteiger partial charge in [0.25, 0.3) is 0 Å². The molecule has 0 aromatic heterocycles. The van der Waals surface area contributed by atoms with Gasteiger partial charge >= 0.3 is 18.0 Å². The molecule has 0 aliphatic heterocycles. The Balaban J connectivity index is 4.06. The average molecular weight is 424 g/mol. The minimum Gasteiger partial charge on any atom is -0.481 e. The highest BCUT2D eigenvalue weighted by Crippen LogP contribution is 2.14. The van der Waals surface area contributed by atoms with E-state index in [0.717, 1.165) is 0 Å². The zero-order chi connectivity index (χ0) is 22.4. The molecule has 29 heavy (non-hydrogen) atoms. The number of aliphatic carboxylic acids is 1. The average Bonchev–Trinajstić information content (AvgIpc) is 2.54. The molecule has 3 atom stereocenters. The molecule has 0 heterocycles. The Morgan fingerprint density at radius 1 is 1.07 bits per heavy atom. The first kappa shape index (κ1) is 27.0. The summed E-state index contributed by atoms with van der Waals surface area (Å²) < 4.78 is 14.9. The van der Waals surface area contributed by atoms with Crippen molar-refractivity contribution in [1.82, 2.24) is 10.7 Å². The van der Waals surface area contributed by atoms with Crippen LogP contribution in [0.25, 0.3) is 0 Å². The molecule has 0 saturated carbocycles. The minimum absolute atomic E-state index is 0.00558. The normalized spacial score (nSPS) is 14.3. The lowest BCUT2D eigenvalue weighted by Crippen LogP contribution is -2.34. The lowest BCUT2D eigenvalue weighted by molar-refractivity contribution is -0.504. The van der Waals surface area contributed by atoms with Crippen molar-refractivity contribution in [3.63, 3.8) is 0 Å². The van der Waals surface area contributed by atoms with Crippen LogP contribution in [0.15, 0.2) is 0 Å². The maximum Gasteiger partial charge on any atom is 0.410 e. The number of nitrogens with zero attached hydrogens (tertiary/aromatic N) is 1. The molecule has 0 rings (SSSR count). The highest BCUT2D eigenvalue weighted by molar-refractivity contribution is 5.70. The van der Waals surface area contributed by atoms with Crippen LogP contribution in [0.5, 0.6) is 0 Å². The van der Waals surface area contributed by atoms with Crippen LogP contribution in [-0.4, -0.2) is 71.1 Å². The molecule has 0 aliphatic rings. The summed E-state index contributed by atoms with van der Waals surface area (Å²) in [5, 5.41) is 27.9. The molecular weight excluding hydrogens is 392 g/mol.